The number of fused-ring (bicyclic) bond motifs is 1. The number of anilines is 3. The van der Waals surface area contributed by atoms with Gasteiger partial charge in [0.2, 0.25) is 11.9 Å². The highest BCUT2D eigenvalue weighted by atomic mass is 19.1. The number of benzene rings is 1. The molecule has 1 aliphatic carbocycles. The van der Waals surface area contributed by atoms with Gasteiger partial charge in [0, 0.05) is 27.5 Å². The number of halogens is 3. The van der Waals surface area contributed by atoms with Crippen LogP contribution in [0.25, 0.3) is 11.2 Å². The molecule has 1 aliphatic heterocycles. The van der Waals surface area contributed by atoms with Gasteiger partial charge in [-0.05, 0) is 32.1 Å². The van der Waals surface area contributed by atoms with E-state index in [4.69, 9.17) is 10.2 Å². The van der Waals surface area contributed by atoms with Crippen molar-refractivity contribution in [2.75, 3.05) is 23.8 Å². The van der Waals surface area contributed by atoms with Crippen molar-refractivity contribution in [1.82, 2.24) is 19.5 Å². The highest BCUT2D eigenvalue weighted by molar-refractivity contribution is 5.76. The quantitative estimate of drug-likeness (QED) is 0.544. The van der Waals surface area contributed by atoms with Gasteiger partial charge in [-0.2, -0.15) is 4.98 Å². The summed E-state index contributed by atoms with van der Waals surface area (Å²) in [4.78, 5) is 12.9. The van der Waals surface area contributed by atoms with E-state index in [1.165, 1.54) is 6.20 Å². The van der Waals surface area contributed by atoms with E-state index in [9.17, 15) is 18.3 Å². The third-order valence-corrected chi connectivity index (χ3v) is 5.33. The maximum Gasteiger partial charge on any atom is 0.224 e. The fraction of sp³-hybridized carbons (Fsp3) is 0.476. The molecule has 5 rings (SSSR count). The van der Waals surface area contributed by atoms with Crippen molar-refractivity contribution in [3.8, 4) is 0 Å². The summed E-state index contributed by atoms with van der Waals surface area (Å²) in [5.41, 5.74) is -0.0671. The number of nitrogens with one attached hydrogen (secondary N) is 2. The maximum atomic E-state index is 14.3. The molecule has 3 aromatic rings. The highest BCUT2D eigenvalue weighted by Crippen LogP contribution is 2.32. The van der Waals surface area contributed by atoms with Crippen molar-refractivity contribution in [3.63, 3.8) is 0 Å². The minimum atomic E-state index is -2.13. The van der Waals surface area contributed by atoms with Crippen molar-refractivity contribution in [3.05, 3.63) is 35.8 Å². The average Bonchev–Trinajstić information content (AvgIpc) is 3.42. The molecule has 1 saturated heterocycles. The van der Waals surface area contributed by atoms with E-state index in [1.54, 1.807) is 4.57 Å². The number of hydrogen-bond acceptors (Lipinski definition) is 7. The number of aromatic nitrogens is 4. The van der Waals surface area contributed by atoms with Crippen LogP contribution >= 0.6 is 0 Å². The van der Waals surface area contributed by atoms with Crippen LogP contribution in [-0.2, 0) is 4.74 Å². The van der Waals surface area contributed by atoms with Gasteiger partial charge in [-0.25, -0.2) is 23.1 Å². The fourth-order valence-electron chi connectivity index (χ4n) is 3.75. The molecule has 0 spiro atoms. The normalized spacial score (nSPS) is 34.6. The molecular weight excluding hydrogens is 425 g/mol. The number of hydrogen-bond donors (Lipinski definition) is 3. The number of aliphatic hydroxyl groups is 1. The van der Waals surface area contributed by atoms with E-state index >= 15 is 0 Å². The third-order valence-electron chi connectivity index (χ3n) is 5.33. The molecule has 1 saturated carbocycles. The molecule has 5 unspecified atom stereocenters. The van der Waals surface area contributed by atoms with Crippen LogP contribution in [0, 0.1) is 17.5 Å². The average molecular weight is 452 g/mol. The van der Waals surface area contributed by atoms with Gasteiger partial charge in [0.15, 0.2) is 17.3 Å². The summed E-state index contributed by atoms with van der Waals surface area (Å²) in [5.74, 6) is -3.37. The molecular formula is C21H23F3N6O2. The molecule has 1 aromatic carbocycles. The van der Waals surface area contributed by atoms with E-state index in [0.29, 0.717) is 25.2 Å². The van der Waals surface area contributed by atoms with Crippen LogP contribution in [0.1, 0.15) is 43.6 Å². The monoisotopic (exact) mass is 452 g/mol. The molecule has 2 fully saturated rings. The number of nitrogens with zero attached hydrogens (tertiary/aromatic N) is 4. The lowest BCUT2D eigenvalue weighted by atomic mass is 9.93. The highest BCUT2D eigenvalue weighted by Gasteiger charge is 2.27. The van der Waals surface area contributed by atoms with Gasteiger partial charge in [0.1, 0.15) is 17.0 Å². The molecule has 2 aromatic heterocycles. The van der Waals surface area contributed by atoms with Crippen LogP contribution in [0.3, 0.4) is 0 Å². The van der Waals surface area contributed by atoms with Gasteiger partial charge in [-0.15, -0.1) is 0 Å². The predicted molar refractivity (Wildman–Crippen MR) is 111 cm³/mol. The van der Waals surface area contributed by atoms with E-state index in [1.807, 2.05) is 0 Å². The first-order valence-electron chi connectivity index (χ1n) is 12.2. The van der Waals surface area contributed by atoms with Crippen molar-refractivity contribution in [1.29, 1.82) is 0 Å². The summed E-state index contributed by atoms with van der Waals surface area (Å²) in [6, 6.07) is -0.945. The van der Waals surface area contributed by atoms with Gasteiger partial charge in [-0.1, -0.05) is 0 Å². The second-order valence-electron chi connectivity index (χ2n) is 7.55. The van der Waals surface area contributed by atoms with E-state index < -0.39 is 54.5 Å². The van der Waals surface area contributed by atoms with Crippen molar-refractivity contribution in [2.24, 2.45) is 0 Å². The third kappa shape index (κ3) is 4.09. The molecule has 0 amide bonds. The van der Waals surface area contributed by atoms with Crippen LogP contribution in [0.2, 0.25) is 0 Å². The number of ether oxygens (including phenoxy) is 1. The molecule has 0 radical (unpaired) electrons. The molecule has 3 heterocycles. The van der Waals surface area contributed by atoms with Crippen molar-refractivity contribution in [2.45, 2.75) is 50.2 Å². The molecule has 11 heteroatoms. The van der Waals surface area contributed by atoms with Gasteiger partial charge in [0.05, 0.1) is 27.7 Å². The number of rotatable bonds is 5. The Kier molecular flexibility index (Phi) is 4.45. The minimum absolute atomic E-state index is 0.0264. The molecule has 0 bridgehead atoms. The fourth-order valence-corrected chi connectivity index (χ4v) is 3.75. The van der Waals surface area contributed by atoms with Crippen molar-refractivity contribution < 1.29 is 28.5 Å². The van der Waals surface area contributed by atoms with Crippen LogP contribution in [0.5, 0.6) is 0 Å². The van der Waals surface area contributed by atoms with Crippen LogP contribution in [0.4, 0.5) is 30.8 Å². The zero-order valence-corrected chi connectivity index (χ0v) is 16.8. The van der Waals surface area contributed by atoms with Gasteiger partial charge in [-0.3, -0.25) is 4.57 Å². The maximum absolute atomic E-state index is 14.3. The molecule has 2 aliphatic rings. The first kappa shape index (κ1) is 16.7. The Morgan fingerprint density at radius 2 is 1.97 bits per heavy atom. The lowest BCUT2D eigenvalue weighted by Crippen LogP contribution is -2.29. The molecule has 3 N–H and O–H groups in total. The summed E-state index contributed by atoms with van der Waals surface area (Å²) in [6.07, 6.45) is -3.50. The summed E-state index contributed by atoms with van der Waals surface area (Å²) in [7, 11) is 0. The Bertz CT molecular complexity index is 1290. The van der Waals surface area contributed by atoms with E-state index in [0.717, 1.165) is 0 Å². The Morgan fingerprint density at radius 3 is 2.72 bits per heavy atom. The first-order chi connectivity index (χ1) is 17.0. The molecule has 170 valence electrons. The summed E-state index contributed by atoms with van der Waals surface area (Å²) >= 11 is 0. The lowest BCUT2D eigenvalue weighted by Gasteiger charge is -2.26. The lowest BCUT2D eigenvalue weighted by molar-refractivity contribution is 0.126. The summed E-state index contributed by atoms with van der Waals surface area (Å²) < 4.78 is 81.7. The minimum Gasteiger partial charge on any atom is -0.393 e. The Hall–Kier alpha value is -2.92. The van der Waals surface area contributed by atoms with Crippen LogP contribution < -0.4 is 10.6 Å². The molecule has 8 nitrogen and oxygen atoms in total. The van der Waals surface area contributed by atoms with Crippen molar-refractivity contribution >= 4 is 28.7 Å². The topological polar surface area (TPSA) is 97.1 Å². The predicted octanol–water partition coefficient (Wildman–Crippen LogP) is 3.66. The zero-order valence-electron chi connectivity index (χ0n) is 20.8. The van der Waals surface area contributed by atoms with Gasteiger partial charge in [0.25, 0.3) is 0 Å². The number of imidazole rings is 1. The molecule has 5 atom stereocenters. The summed E-state index contributed by atoms with van der Waals surface area (Å²) in [5, 5.41) is 15.3. The second-order valence-corrected chi connectivity index (χ2v) is 7.55. The van der Waals surface area contributed by atoms with Gasteiger partial charge >= 0.3 is 0 Å². The Labute approximate surface area is 187 Å². The smallest absolute Gasteiger partial charge is 0.224 e. The van der Waals surface area contributed by atoms with Crippen LogP contribution in [-0.4, -0.2) is 49.9 Å². The molecule has 32 heavy (non-hydrogen) atoms. The van der Waals surface area contributed by atoms with E-state index in [-0.39, 0.29) is 42.1 Å². The van der Waals surface area contributed by atoms with E-state index in [2.05, 4.69) is 25.6 Å². The Morgan fingerprint density at radius 1 is 1.16 bits per heavy atom. The summed E-state index contributed by atoms with van der Waals surface area (Å²) in [6.45, 7) is 0.720. The van der Waals surface area contributed by atoms with Crippen LogP contribution in [0.15, 0.2) is 18.3 Å². The second kappa shape index (κ2) is 8.55. The standard InChI is InChI=1S/C21H23F3N6O2/c22-11-7-15(23)18(16(24)8-11)28-21-27-17-9-25-20(26-12-1-3-14(31)4-2-12)29-19(17)30(21)13-5-6-32-10-13/h7-9,12-14,31H,1-6,10H2,(H,27,28)(H,25,26,29)/i1D,4D,12D,14D. The van der Waals surface area contributed by atoms with Gasteiger partial charge < -0.3 is 20.5 Å². The largest absolute Gasteiger partial charge is 0.393 e. The zero-order chi connectivity index (χ0) is 25.8. The first-order valence-corrected chi connectivity index (χ1v) is 10.1. The SMILES string of the molecule is [2H]C1CC([2H])(Nc2ncc3nc(Nc4c(F)cc(F)cc4F)n(C4CCOC4)c3n2)C([2H])CC1([2H])O. The Balaban J connectivity index is 1.53.